The molecule has 0 radical (unpaired) electrons. The summed E-state index contributed by atoms with van der Waals surface area (Å²) in [7, 11) is 1.67. The van der Waals surface area contributed by atoms with Crippen LogP contribution in [0, 0.1) is 0 Å². The normalized spacial score (nSPS) is 17.7. The quantitative estimate of drug-likeness (QED) is 0.702. The van der Waals surface area contributed by atoms with Gasteiger partial charge in [0.05, 0.1) is 31.3 Å². The molecule has 1 aliphatic rings. The minimum Gasteiger partial charge on any atom is -0.497 e. The lowest BCUT2D eigenvalue weighted by Crippen LogP contribution is -2.32. The topological polar surface area (TPSA) is 50.5 Å². The SMILES string of the molecule is COc1ccc2c(c1)nc(CN1CCC[C@H]1CO)n2Cc1ccc(Cl)cc1. The number of ether oxygens (including phenoxy) is 1. The van der Waals surface area contributed by atoms with Gasteiger partial charge in [-0.25, -0.2) is 4.98 Å². The molecule has 6 heteroatoms. The van der Waals surface area contributed by atoms with Crippen molar-refractivity contribution >= 4 is 22.6 Å². The number of likely N-dealkylation sites (tertiary alicyclic amines) is 1. The van der Waals surface area contributed by atoms with Gasteiger partial charge in [-0.3, -0.25) is 4.90 Å². The van der Waals surface area contributed by atoms with E-state index in [9.17, 15) is 5.11 Å². The number of benzene rings is 2. The second kappa shape index (κ2) is 7.89. The van der Waals surface area contributed by atoms with E-state index in [4.69, 9.17) is 21.3 Å². The summed E-state index contributed by atoms with van der Waals surface area (Å²) in [5.74, 6) is 1.81. The number of aliphatic hydroxyl groups is 1. The lowest BCUT2D eigenvalue weighted by atomic mass is 10.2. The molecule has 0 aliphatic carbocycles. The first-order valence-corrected chi connectivity index (χ1v) is 9.68. The molecule has 1 aliphatic heterocycles. The smallest absolute Gasteiger partial charge is 0.124 e. The van der Waals surface area contributed by atoms with Gasteiger partial charge in [0.15, 0.2) is 0 Å². The Morgan fingerprint density at radius 1 is 1.19 bits per heavy atom. The van der Waals surface area contributed by atoms with E-state index in [0.29, 0.717) is 0 Å². The minimum absolute atomic E-state index is 0.200. The molecular weight excluding hydrogens is 362 g/mol. The maximum Gasteiger partial charge on any atom is 0.124 e. The van der Waals surface area contributed by atoms with Crippen LogP contribution in [0.25, 0.3) is 11.0 Å². The Kier molecular flexibility index (Phi) is 5.34. The molecule has 0 unspecified atom stereocenters. The van der Waals surface area contributed by atoms with Crippen molar-refractivity contribution in [2.75, 3.05) is 20.3 Å². The molecule has 2 aromatic carbocycles. The van der Waals surface area contributed by atoms with Crippen LogP contribution in [0.3, 0.4) is 0 Å². The predicted molar refractivity (Wildman–Crippen MR) is 107 cm³/mol. The number of methoxy groups -OCH3 is 1. The van der Waals surface area contributed by atoms with Crippen LogP contribution in [-0.4, -0.2) is 45.9 Å². The highest BCUT2D eigenvalue weighted by molar-refractivity contribution is 6.30. The molecule has 2 heterocycles. The highest BCUT2D eigenvalue weighted by atomic mass is 35.5. The number of aromatic nitrogens is 2. The van der Waals surface area contributed by atoms with Crippen molar-refractivity contribution < 1.29 is 9.84 Å². The Morgan fingerprint density at radius 2 is 2.00 bits per heavy atom. The fraction of sp³-hybridized carbons (Fsp3) is 0.381. The number of fused-ring (bicyclic) bond motifs is 1. The van der Waals surface area contributed by atoms with Crippen LogP contribution in [0.15, 0.2) is 42.5 Å². The first-order valence-electron chi connectivity index (χ1n) is 9.30. The first-order chi connectivity index (χ1) is 13.2. The van der Waals surface area contributed by atoms with Crippen LogP contribution < -0.4 is 4.74 Å². The van der Waals surface area contributed by atoms with Crippen LogP contribution in [0.4, 0.5) is 0 Å². The summed E-state index contributed by atoms with van der Waals surface area (Å²) < 4.78 is 7.62. The zero-order valence-electron chi connectivity index (χ0n) is 15.4. The summed E-state index contributed by atoms with van der Waals surface area (Å²) >= 11 is 6.04. The van der Waals surface area contributed by atoms with Gasteiger partial charge < -0.3 is 14.4 Å². The predicted octanol–water partition coefficient (Wildman–Crippen LogP) is 3.70. The van der Waals surface area contributed by atoms with E-state index >= 15 is 0 Å². The van der Waals surface area contributed by atoms with Gasteiger partial charge in [-0.2, -0.15) is 0 Å². The molecule has 1 N–H and O–H groups in total. The van der Waals surface area contributed by atoms with Gasteiger partial charge in [0.2, 0.25) is 0 Å². The molecule has 4 rings (SSSR count). The van der Waals surface area contributed by atoms with Crippen molar-refractivity contribution in [2.24, 2.45) is 0 Å². The highest BCUT2D eigenvalue weighted by Gasteiger charge is 2.25. The summed E-state index contributed by atoms with van der Waals surface area (Å²) in [4.78, 5) is 7.23. The van der Waals surface area contributed by atoms with Crippen LogP contribution in [0.5, 0.6) is 5.75 Å². The minimum atomic E-state index is 0.200. The molecule has 1 saturated heterocycles. The number of halogens is 1. The third kappa shape index (κ3) is 3.81. The zero-order valence-corrected chi connectivity index (χ0v) is 16.2. The summed E-state index contributed by atoms with van der Waals surface area (Å²) in [6.45, 7) is 2.66. The summed E-state index contributed by atoms with van der Waals surface area (Å²) in [5.41, 5.74) is 3.19. The van der Waals surface area contributed by atoms with Gasteiger partial charge in [-0.05, 0) is 49.2 Å². The van der Waals surface area contributed by atoms with Crippen molar-refractivity contribution in [3.8, 4) is 5.75 Å². The van der Waals surface area contributed by atoms with E-state index < -0.39 is 0 Å². The molecule has 1 fully saturated rings. The lowest BCUT2D eigenvalue weighted by Gasteiger charge is -2.22. The number of rotatable bonds is 6. The molecule has 5 nitrogen and oxygen atoms in total. The molecule has 1 atom stereocenters. The second-order valence-electron chi connectivity index (χ2n) is 7.04. The lowest BCUT2D eigenvalue weighted by molar-refractivity contribution is 0.150. The van der Waals surface area contributed by atoms with E-state index in [1.165, 1.54) is 5.56 Å². The Hall–Kier alpha value is -2.08. The molecule has 0 spiro atoms. The van der Waals surface area contributed by atoms with Gasteiger partial charge >= 0.3 is 0 Å². The molecular formula is C21H24ClN3O2. The third-order valence-electron chi connectivity index (χ3n) is 5.34. The Labute approximate surface area is 164 Å². The maximum atomic E-state index is 9.66. The highest BCUT2D eigenvalue weighted by Crippen LogP contribution is 2.26. The zero-order chi connectivity index (χ0) is 18.8. The van der Waals surface area contributed by atoms with Gasteiger partial charge in [0.1, 0.15) is 11.6 Å². The Bertz CT molecular complexity index is 923. The van der Waals surface area contributed by atoms with Crippen molar-refractivity contribution in [1.29, 1.82) is 0 Å². The number of nitrogens with zero attached hydrogens (tertiary/aromatic N) is 3. The monoisotopic (exact) mass is 385 g/mol. The first kappa shape index (κ1) is 18.3. The molecule has 0 amide bonds. The third-order valence-corrected chi connectivity index (χ3v) is 5.59. The van der Waals surface area contributed by atoms with Crippen molar-refractivity contribution in [1.82, 2.24) is 14.5 Å². The van der Waals surface area contributed by atoms with E-state index in [-0.39, 0.29) is 12.6 Å². The summed E-state index contributed by atoms with van der Waals surface area (Å²) in [6, 6.07) is 14.2. The molecule has 0 bridgehead atoms. The fourth-order valence-electron chi connectivity index (χ4n) is 3.85. The van der Waals surface area contributed by atoms with Crippen LogP contribution in [0.2, 0.25) is 5.02 Å². The Balaban J connectivity index is 1.72. The largest absolute Gasteiger partial charge is 0.497 e. The van der Waals surface area contributed by atoms with Crippen molar-refractivity contribution in [3.63, 3.8) is 0 Å². The number of hydrogen-bond donors (Lipinski definition) is 1. The van der Waals surface area contributed by atoms with Gasteiger partial charge in [-0.1, -0.05) is 23.7 Å². The van der Waals surface area contributed by atoms with E-state index in [0.717, 1.165) is 60.1 Å². The van der Waals surface area contributed by atoms with Crippen LogP contribution >= 0.6 is 11.6 Å². The van der Waals surface area contributed by atoms with E-state index in [1.807, 2.05) is 36.4 Å². The fourth-order valence-corrected chi connectivity index (χ4v) is 3.97. The average molecular weight is 386 g/mol. The molecule has 3 aromatic rings. The average Bonchev–Trinajstić information content (AvgIpc) is 3.27. The second-order valence-corrected chi connectivity index (χ2v) is 7.48. The molecule has 142 valence electrons. The van der Waals surface area contributed by atoms with Crippen LogP contribution in [-0.2, 0) is 13.1 Å². The Morgan fingerprint density at radius 3 is 2.74 bits per heavy atom. The summed E-state index contributed by atoms with van der Waals surface area (Å²) in [6.07, 6.45) is 2.16. The van der Waals surface area contributed by atoms with Gasteiger partial charge in [0, 0.05) is 23.7 Å². The van der Waals surface area contributed by atoms with Gasteiger partial charge in [0.25, 0.3) is 0 Å². The van der Waals surface area contributed by atoms with Gasteiger partial charge in [-0.15, -0.1) is 0 Å². The number of aliphatic hydroxyl groups excluding tert-OH is 1. The molecule has 0 saturated carbocycles. The standard InChI is InChI=1S/C21H24ClN3O2/c1-27-18-8-9-20-19(11-18)23-21(13-24-10-2-3-17(24)14-26)25(20)12-15-4-6-16(22)7-5-15/h4-9,11,17,26H,2-3,10,12-14H2,1H3/t17-/m0/s1. The van der Waals surface area contributed by atoms with E-state index in [1.54, 1.807) is 7.11 Å². The molecule has 1 aromatic heterocycles. The van der Waals surface area contributed by atoms with Crippen LogP contribution in [0.1, 0.15) is 24.2 Å². The number of hydrogen-bond acceptors (Lipinski definition) is 4. The van der Waals surface area contributed by atoms with Crippen molar-refractivity contribution in [3.05, 3.63) is 58.9 Å². The number of imidazole rings is 1. The summed E-state index contributed by atoms with van der Waals surface area (Å²) in [5, 5.41) is 10.4. The van der Waals surface area contributed by atoms with E-state index in [2.05, 4.69) is 15.5 Å². The molecule has 27 heavy (non-hydrogen) atoms. The maximum absolute atomic E-state index is 9.66. The van der Waals surface area contributed by atoms with Crippen molar-refractivity contribution in [2.45, 2.75) is 32.0 Å².